The molecule has 0 spiro atoms. The van der Waals surface area contributed by atoms with Crippen LogP contribution in [0.2, 0.25) is 0 Å². The monoisotopic (exact) mass is 255 g/mol. The molecule has 0 aromatic heterocycles. The molecule has 1 aromatic rings. The lowest BCUT2D eigenvalue weighted by atomic mass is 10.3. The molecule has 100 valence electrons. The largest absolute Gasteiger partial charge is 0.493 e. The summed E-state index contributed by atoms with van der Waals surface area (Å²) in [4.78, 5) is 10.1. The van der Waals surface area contributed by atoms with E-state index in [1.165, 1.54) is 25.3 Å². The van der Waals surface area contributed by atoms with Crippen LogP contribution in [0.25, 0.3) is 0 Å². The van der Waals surface area contributed by atoms with E-state index in [9.17, 15) is 10.1 Å². The van der Waals surface area contributed by atoms with Gasteiger partial charge < -0.3 is 14.2 Å². The Morgan fingerprint density at radius 3 is 2.61 bits per heavy atom. The predicted octanol–water partition coefficient (Wildman–Crippen LogP) is 2.41. The maximum Gasteiger partial charge on any atom is 0.273 e. The van der Waals surface area contributed by atoms with Crippen molar-refractivity contribution in [3.05, 3.63) is 28.3 Å². The molecule has 1 aromatic carbocycles. The van der Waals surface area contributed by atoms with E-state index < -0.39 is 4.92 Å². The van der Waals surface area contributed by atoms with Crippen LogP contribution in [0.1, 0.15) is 13.8 Å². The lowest BCUT2D eigenvalue weighted by Crippen LogP contribution is -2.05. The molecule has 1 aliphatic rings. The topological polar surface area (TPSA) is 74.1 Å². The third-order valence-corrected chi connectivity index (χ3v) is 2.19. The number of ether oxygens (including phenoxy) is 3. The van der Waals surface area contributed by atoms with Gasteiger partial charge >= 0.3 is 0 Å². The van der Waals surface area contributed by atoms with Gasteiger partial charge in [0, 0.05) is 6.07 Å². The second-order valence-electron chi connectivity index (χ2n) is 3.36. The molecule has 2 rings (SSSR count). The Balaban J connectivity index is 0.000000771. The van der Waals surface area contributed by atoms with Crippen molar-refractivity contribution < 1.29 is 19.1 Å². The fraction of sp³-hybridized carbons (Fsp3) is 0.500. The number of epoxide rings is 1. The average Bonchev–Trinajstić information content (AvgIpc) is 3.22. The predicted molar refractivity (Wildman–Crippen MR) is 66.2 cm³/mol. The number of benzene rings is 1. The molecule has 0 N–H and O–H groups in total. The molecule has 18 heavy (non-hydrogen) atoms. The molecular formula is C12H17NO5. The molecule has 1 aliphatic heterocycles. The molecule has 1 heterocycles. The van der Waals surface area contributed by atoms with E-state index in [4.69, 9.17) is 14.2 Å². The van der Waals surface area contributed by atoms with Crippen molar-refractivity contribution in [2.45, 2.75) is 20.0 Å². The van der Waals surface area contributed by atoms with Crippen molar-refractivity contribution in [2.24, 2.45) is 0 Å². The van der Waals surface area contributed by atoms with Crippen molar-refractivity contribution >= 4 is 5.69 Å². The lowest BCUT2D eigenvalue weighted by molar-refractivity contribution is -0.384. The quantitative estimate of drug-likeness (QED) is 0.459. The molecule has 6 heteroatoms. The first-order valence-electron chi connectivity index (χ1n) is 5.77. The Labute approximate surface area is 106 Å². The molecule has 0 aliphatic carbocycles. The van der Waals surface area contributed by atoms with Gasteiger partial charge in [-0.15, -0.1) is 0 Å². The number of rotatable bonds is 5. The van der Waals surface area contributed by atoms with E-state index in [-0.39, 0.29) is 11.8 Å². The third-order valence-electron chi connectivity index (χ3n) is 2.19. The molecular weight excluding hydrogens is 238 g/mol. The summed E-state index contributed by atoms with van der Waals surface area (Å²) in [5, 5.41) is 10.5. The highest BCUT2D eigenvalue weighted by Gasteiger charge is 2.24. The number of hydrogen-bond acceptors (Lipinski definition) is 5. The van der Waals surface area contributed by atoms with Crippen LogP contribution in [0.4, 0.5) is 5.69 Å². The summed E-state index contributed by atoms with van der Waals surface area (Å²) in [5.41, 5.74) is -0.0214. The molecule has 1 atom stereocenters. The molecule has 1 fully saturated rings. The molecule has 0 saturated carbocycles. The van der Waals surface area contributed by atoms with Gasteiger partial charge in [-0.2, -0.15) is 0 Å². The zero-order valence-electron chi connectivity index (χ0n) is 10.7. The highest BCUT2D eigenvalue weighted by atomic mass is 16.6. The van der Waals surface area contributed by atoms with E-state index in [0.29, 0.717) is 24.7 Å². The first kappa shape index (κ1) is 14.2. The van der Waals surface area contributed by atoms with Crippen LogP contribution in [0.3, 0.4) is 0 Å². The summed E-state index contributed by atoms with van der Waals surface area (Å²) in [6.45, 7) is 5.14. The summed E-state index contributed by atoms with van der Waals surface area (Å²) in [6.07, 6.45) is 0.139. The number of hydrogen-bond donors (Lipinski definition) is 0. The minimum absolute atomic E-state index is 0.0214. The maximum absolute atomic E-state index is 10.5. The van der Waals surface area contributed by atoms with Gasteiger partial charge in [0.25, 0.3) is 5.69 Å². The normalized spacial score (nSPS) is 16.3. The Bertz CT molecular complexity index is 403. The molecule has 1 unspecified atom stereocenters. The van der Waals surface area contributed by atoms with Crippen LogP contribution < -0.4 is 9.47 Å². The van der Waals surface area contributed by atoms with Crippen molar-refractivity contribution in [3.8, 4) is 11.5 Å². The van der Waals surface area contributed by atoms with E-state index in [1.807, 2.05) is 13.8 Å². The van der Waals surface area contributed by atoms with Gasteiger partial charge in [0.1, 0.15) is 12.7 Å². The van der Waals surface area contributed by atoms with Gasteiger partial charge in [-0.1, -0.05) is 13.8 Å². The summed E-state index contributed by atoms with van der Waals surface area (Å²) in [7, 11) is 1.44. The molecule has 0 radical (unpaired) electrons. The van der Waals surface area contributed by atoms with Gasteiger partial charge in [0.15, 0.2) is 11.5 Å². The highest BCUT2D eigenvalue weighted by Crippen LogP contribution is 2.31. The average molecular weight is 255 g/mol. The second kappa shape index (κ2) is 6.80. The van der Waals surface area contributed by atoms with E-state index in [0.717, 1.165) is 0 Å². The van der Waals surface area contributed by atoms with Crippen molar-refractivity contribution in [1.82, 2.24) is 0 Å². The van der Waals surface area contributed by atoms with Crippen molar-refractivity contribution in [3.63, 3.8) is 0 Å². The van der Waals surface area contributed by atoms with Crippen molar-refractivity contribution in [1.29, 1.82) is 0 Å². The fourth-order valence-electron chi connectivity index (χ4n) is 1.24. The summed E-state index contributed by atoms with van der Waals surface area (Å²) >= 11 is 0. The lowest BCUT2D eigenvalue weighted by Gasteiger charge is -2.08. The van der Waals surface area contributed by atoms with Crippen LogP contribution in [0, 0.1) is 10.1 Å². The number of methoxy groups -OCH3 is 1. The van der Waals surface area contributed by atoms with Crippen LogP contribution in [-0.4, -0.2) is 31.4 Å². The summed E-state index contributed by atoms with van der Waals surface area (Å²) in [6, 6.07) is 4.24. The van der Waals surface area contributed by atoms with Gasteiger partial charge in [0.2, 0.25) is 0 Å². The summed E-state index contributed by atoms with van der Waals surface area (Å²) < 4.78 is 15.4. The maximum atomic E-state index is 10.5. The molecule has 6 nitrogen and oxygen atoms in total. The zero-order chi connectivity index (χ0) is 13.5. The fourth-order valence-corrected chi connectivity index (χ4v) is 1.24. The third kappa shape index (κ3) is 3.89. The summed E-state index contributed by atoms with van der Waals surface area (Å²) in [5.74, 6) is 0.846. The van der Waals surface area contributed by atoms with Gasteiger partial charge in [-0.05, 0) is 6.07 Å². The smallest absolute Gasteiger partial charge is 0.273 e. The number of nitro groups is 1. The first-order valence-corrected chi connectivity index (χ1v) is 5.77. The first-order chi connectivity index (χ1) is 8.70. The minimum atomic E-state index is -0.476. The van der Waals surface area contributed by atoms with Gasteiger partial charge in [0.05, 0.1) is 24.7 Å². The van der Waals surface area contributed by atoms with Gasteiger partial charge in [-0.3, -0.25) is 10.1 Å². The van der Waals surface area contributed by atoms with Crippen LogP contribution in [0.15, 0.2) is 18.2 Å². The SMILES string of the molecule is CC.COc1cc([N+](=O)[O-])ccc1OCC1CO1. The Hall–Kier alpha value is -1.82. The van der Waals surface area contributed by atoms with Crippen LogP contribution >= 0.6 is 0 Å². The van der Waals surface area contributed by atoms with Crippen LogP contribution in [-0.2, 0) is 4.74 Å². The van der Waals surface area contributed by atoms with E-state index in [1.54, 1.807) is 0 Å². The second-order valence-corrected chi connectivity index (χ2v) is 3.36. The molecule has 0 bridgehead atoms. The standard InChI is InChI=1S/C10H11NO5.C2H6/c1-14-10-4-7(11(12)13)2-3-9(10)16-6-8-5-15-8;1-2/h2-4,8H,5-6H2,1H3;1-2H3. The number of non-ortho nitro benzene ring substituents is 1. The molecule has 1 saturated heterocycles. The van der Waals surface area contributed by atoms with Crippen molar-refractivity contribution in [2.75, 3.05) is 20.3 Å². The number of nitrogens with zero attached hydrogens (tertiary/aromatic N) is 1. The number of nitro benzene ring substituents is 1. The Kier molecular flexibility index (Phi) is 5.38. The Morgan fingerprint density at radius 2 is 2.11 bits per heavy atom. The van der Waals surface area contributed by atoms with E-state index in [2.05, 4.69) is 0 Å². The van der Waals surface area contributed by atoms with E-state index >= 15 is 0 Å². The van der Waals surface area contributed by atoms with Gasteiger partial charge in [-0.25, -0.2) is 0 Å². The zero-order valence-corrected chi connectivity index (χ0v) is 10.7. The molecule has 0 amide bonds. The Morgan fingerprint density at radius 1 is 1.44 bits per heavy atom. The highest BCUT2D eigenvalue weighted by molar-refractivity contribution is 5.48. The van der Waals surface area contributed by atoms with Crippen LogP contribution in [0.5, 0.6) is 11.5 Å². The minimum Gasteiger partial charge on any atom is -0.493 e.